The average molecular weight is 515 g/mol. The molecule has 0 aromatic heterocycles. The van der Waals surface area contributed by atoms with Gasteiger partial charge in [-0.1, -0.05) is 88.1 Å². The van der Waals surface area contributed by atoms with E-state index in [1.165, 1.54) is 6.07 Å². The molecular weight excluding hydrogens is 480 g/mol. The first-order valence-corrected chi connectivity index (χ1v) is 13.2. The summed E-state index contributed by atoms with van der Waals surface area (Å²) < 4.78 is 70.9. The van der Waals surface area contributed by atoms with Crippen LogP contribution in [0.2, 0.25) is 0 Å². The third kappa shape index (κ3) is 6.24. The molecule has 198 valence electrons. The monoisotopic (exact) mass is 514 g/mol. The second-order valence-electron chi connectivity index (χ2n) is 9.70. The van der Waals surface area contributed by atoms with Gasteiger partial charge in [-0.05, 0) is 41.5 Å². The predicted octanol–water partition coefficient (Wildman–Crippen LogP) is 8.96. The molecule has 0 N–H and O–H groups in total. The Balaban J connectivity index is 1.50. The van der Waals surface area contributed by atoms with Gasteiger partial charge >= 0.3 is 0 Å². The minimum absolute atomic E-state index is 0.100. The highest BCUT2D eigenvalue weighted by Gasteiger charge is 2.27. The van der Waals surface area contributed by atoms with Crippen molar-refractivity contribution in [3.8, 4) is 22.3 Å². The van der Waals surface area contributed by atoms with Crippen molar-refractivity contribution in [3.05, 3.63) is 82.9 Å². The Kier molecular flexibility index (Phi) is 9.38. The van der Waals surface area contributed by atoms with Crippen LogP contribution in [0.5, 0.6) is 0 Å². The second-order valence-corrected chi connectivity index (χ2v) is 9.70. The van der Waals surface area contributed by atoms with Crippen LogP contribution in [0.1, 0.15) is 69.4 Å². The summed E-state index contributed by atoms with van der Waals surface area (Å²) in [7, 11) is 0. The van der Waals surface area contributed by atoms with Crippen molar-refractivity contribution in [2.75, 3.05) is 13.2 Å². The molecule has 0 bridgehead atoms. The maximum absolute atomic E-state index is 15.1. The van der Waals surface area contributed by atoms with Crippen LogP contribution >= 0.6 is 0 Å². The molecule has 1 fully saturated rings. The maximum Gasteiger partial charge on any atom is 0.166 e. The van der Waals surface area contributed by atoms with Gasteiger partial charge in [0.05, 0.1) is 13.2 Å². The average Bonchev–Trinajstić information content (AvgIpc) is 2.91. The van der Waals surface area contributed by atoms with Crippen molar-refractivity contribution >= 4 is 0 Å². The van der Waals surface area contributed by atoms with Crippen molar-refractivity contribution in [1.29, 1.82) is 0 Å². The molecule has 1 heterocycles. The van der Waals surface area contributed by atoms with Crippen LogP contribution in [0.3, 0.4) is 0 Å². The van der Waals surface area contributed by atoms with Gasteiger partial charge in [-0.25, -0.2) is 17.6 Å². The Hall–Kier alpha value is -2.70. The summed E-state index contributed by atoms with van der Waals surface area (Å²) in [6.07, 6.45) is 5.84. The quantitative estimate of drug-likeness (QED) is 0.199. The highest BCUT2D eigenvalue weighted by atomic mass is 19.2. The number of rotatable bonds is 10. The van der Waals surface area contributed by atoms with E-state index < -0.39 is 23.3 Å². The standard InChI is InChI=1S/C31H34F4O2/c1-3-5-6-7-9-22-14-15-24(29(33)28(22)32)20-10-12-21(13-11-20)25-16-17-26(31(35)30(25)34)23-18-36-27(8-4-2)37-19-23/h10-17,23,27H,3-9,18-19H2,1-2H3. The Morgan fingerprint density at radius 2 is 1.24 bits per heavy atom. The van der Waals surface area contributed by atoms with Gasteiger partial charge in [-0.15, -0.1) is 0 Å². The molecule has 1 aliphatic heterocycles. The number of hydrogen-bond donors (Lipinski definition) is 0. The number of halogens is 4. The fourth-order valence-corrected chi connectivity index (χ4v) is 4.80. The summed E-state index contributed by atoms with van der Waals surface area (Å²) in [5.74, 6) is -3.97. The van der Waals surface area contributed by atoms with Crippen LogP contribution in [0.4, 0.5) is 17.6 Å². The maximum atomic E-state index is 15.1. The lowest BCUT2D eigenvalue weighted by Crippen LogP contribution is -2.31. The summed E-state index contributed by atoms with van der Waals surface area (Å²) in [5.41, 5.74) is 1.75. The molecule has 0 spiro atoms. The van der Waals surface area contributed by atoms with Crippen LogP contribution in [0, 0.1) is 23.3 Å². The molecule has 3 aromatic rings. The topological polar surface area (TPSA) is 18.5 Å². The smallest absolute Gasteiger partial charge is 0.166 e. The number of ether oxygens (including phenoxy) is 2. The zero-order chi connectivity index (χ0) is 26.4. The number of unbranched alkanes of at least 4 members (excludes halogenated alkanes) is 3. The summed E-state index contributed by atoms with van der Waals surface area (Å²) in [6.45, 7) is 4.67. The lowest BCUT2D eigenvalue weighted by atomic mass is 9.94. The molecule has 0 amide bonds. The van der Waals surface area contributed by atoms with Crippen molar-refractivity contribution in [1.82, 2.24) is 0 Å². The zero-order valence-corrected chi connectivity index (χ0v) is 21.5. The molecule has 0 atom stereocenters. The Morgan fingerprint density at radius 3 is 1.84 bits per heavy atom. The van der Waals surface area contributed by atoms with E-state index in [1.54, 1.807) is 42.5 Å². The van der Waals surface area contributed by atoms with Gasteiger partial charge in [-0.2, -0.15) is 0 Å². The largest absolute Gasteiger partial charge is 0.352 e. The van der Waals surface area contributed by atoms with Gasteiger partial charge in [0.1, 0.15) is 0 Å². The van der Waals surface area contributed by atoms with E-state index in [0.29, 0.717) is 23.1 Å². The fraction of sp³-hybridized carbons (Fsp3) is 0.419. The van der Waals surface area contributed by atoms with Crippen molar-refractivity contribution in [2.45, 2.75) is 71.0 Å². The third-order valence-corrected chi connectivity index (χ3v) is 7.01. The molecule has 0 aliphatic carbocycles. The molecule has 1 saturated heterocycles. The van der Waals surface area contributed by atoms with Crippen LogP contribution in [-0.4, -0.2) is 19.5 Å². The first kappa shape index (κ1) is 27.3. The minimum Gasteiger partial charge on any atom is -0.352 e. The number of hydrogen-bond acceptors (Lipinski definition) is 2. The summed E-state index contributed by atoms with van der Waals surface area (Å²) in [6, 6.07) is 12.7. The van der Waals surface area contributed by atoms with Crippen molar-refractivity contribution in [2.24, 2.45) is 0 Å². The second kappa shape index (κ2) is 12.7. The molecule has 0 radical (unpaired) electrons. The van der Waals surface area contributed by atoms with Crippen LogP contribution in [0.25, 0.3) is 22.3 Å². The van der Waals surface area contributed by atoms with Crippen LogP contribution < -0.4 is 0 Å². The summed E-state index contributed by atoms with van der Waals surface area (Å²) >= 11 is 0. The van der Waals surface area contributed by atoms with E-state index in [1.807, 2.05) is 6.92 Å². The van der Waals surface area contributed by atoms with Crippen molar-refractivity contribution in [3.63, 3.8) is 0 Å². The van der Waals surface area contributed by atoms with Crippen LogP contribution in [0.15, 0.2) is 48.5 Å². The van der Waals surface area contributed by atoms with E-state index in [2.05, 4.69) is 6.92 Å². The SMILES string of the molecule is CCCCCCc1ccc(-c2ccc(-c3ccc(C4COC(CCC)OC4)c(F)c3F)cc2)c(F)c1F. The molecule has 0 unspecified atom stereocenters. The van der Waals surface area contributed by atoms with E-state index >= 15 is 8.78 Å². The Bertz CT molecular complexity index is 1180. The number of benzene rings is 3. The van der Waals surface area contributed by atoms with Gasteiger partial charge in [-0.3, -0.25) is 0 Å². The first-order chi connectivity index (χ1) is 17.9. The van der Waals surface area contributed by atoms with E-state index in [4.69, 9.17) is 9.47 Å². The molecule has 3 aromatic carbocycles. The number of aryl methyl sites for hydroxylation is 1. The van der Waals surface area contributed by atoms with E-state index in [0.717, 1.165) is 38.5 Å². The highest BCUT2D eigenvalue weighted by molar-refractivity contribution is 5.71. The van der Waals surface area contributed by atoms with Gasteiger partial charge < -0.3 is 9.47 Å². The molecular formula is C31H34F4O2. The highest BCUT2D eigenvalue weighted by Crippen LogP contribution is 2.34. The lowest BCUT2D eigenvalue weighted by Gasteiger charge is -2.29. The minimum atomic E-state index is -0.953. The van der Waals surface area contributed by atoms with Gasteiger partial charge in [0.2, 0.25) is 0 Å². The first-order valence-electron chi connectivity index (χ1n) is 13.2. The molecule has 6 heteroatoms. The van der Waals surface area contributed by atoms with Crippen molar-refractivity contribution < 1.29 is 27.0 Å². The molecule has 37 heavy (non-hydrogen) atoms. The van der Waals surface area contributed by atoms with Gasteiger partial charge in [0.25, 0.3) is 0 Å². The van der Waals surface area contributed by atoms with E-state index in [-0.39, 0.29) is 42.1 Å². The predicted molar refractivity (Wildman–Crippen MR) is 138 cm³/mol. The summed E-state index contributed by atoms with van der Waals surface area (Å²) in [5, 5.41) is 0. The van der Waals surface area contributed by atoms with E-state index in [9.17, 15) is 8.78 Å². The lowest BCUT2D eigenvalue weighted by molar-refractivity contribution is -0.190. The molecule has 4 rings (SSSR count). The molecule has 1 aliphatic rings. The Labute approximate surface area is 216 Å². The summed E-state index contributed by atoms with van der Waals surface area (Å²) in [4.78, 5) is 0. The zero-order valence-electron chi connectivity index (χ0n) is 21.5. The fourth-order valence-electron chi connectivity index (χ4n) is 4.80. The van der Waals surface area contributed by atoms with Crippen LogP contribution in [-0.2, 0) is 15.9 Å². The van der Waals surface area contributed by atoms with Gasteiger partial charge in [0.15, 0.2) is 29.6 Å². The normalized spacial score (nSPS) is 17.8. The van der Waals surface area contributed by atoms with Gasteiger partial charge in [0, 0.05) is 17.0 Å². The molecule has 0 saturated carbocycles. The Morgan fingerprint density at radius 1 is 0.649 bits per heavy atom. The third-order valence-electron chi connectivity index (χ3n) is 7.01. The molecule has 2 nitrogen and oxygen atoms in total.